The molecule has 2 aromatic rings. The average Bonchev–Trinajstić information content (AvgIpc) is 3.29. The molecule has 146 valence electrons. The highest BCUT2D eigenvalue weighted by molar-refractivity contribution is 5.96. The van der Waals surface area contributed by atoms with Crippen LogP contribution >= 0.6 is 0 Å². The fraction of sp³-hybridized carbons (Fsp3) is 0.417. The molecule has 0 aromatic heterocycles. The lowest BCUT2D eigenvalue weighted by Gasteiger charge is -2.36. The molecule has 2 aromatic carbocycles. The van der Waals surface area contributed by atoms with Crippen LogP contribution in [-0.2, 0) is 11.2 Å². The number of nitrogens with zero attached hydrogens (tertiary/aromatic N) is 1. The Morgan fingerprint density at radius 2 is 1.71 bits per heavy atom. The minimum absolute atomic E-state index is 0.0396. The van der Waals surface area contributed by atoms with Crippen molar-refractivity contribution in [3.8, 4) is 0 Å². The van der Waals surface area contributed by atoms with E-state index < -0.39 is 5.41 Å². The fourth-order valence-corrected chi connectivity index (χ4v) is 5.11. The van der Waals surface area contributed by atoms with Gasteiger partial charge in [0.15, 0.2) is 0 Å². The van der Waals surface area contributed by atoms with Gasteiger partial charge in [-0.25, -0.2) is 0 Å². The first-order valence-corrected chi connectivity index (χ1v) is 10.4. The Balaban J connectivity index is 1.67. The fourth-order valence-electron chi connectivity index (χ4n) is 5.11. The van der Waals surface area contributed by atoms with Crippen LogP contribution in [0.3, 0.4) is 0 Å². The van der Waals surface area contributed by atoms with E-state index in [0.29, 0.717) is 18.5 Å². The van der Waals surface area contributed by atoms with Crippen LogP contribution in [0.25, 0.3) is 0 Å². The van der Waals surface area contributed by atoms with Gasteiger partial charge in [-0.3, -0.25) is 9.59 Å². The summed E-state index contributed by atoms with van der Waals surface area (Å²) in [6, 6.07) is 19.8. The van der Waals surface area contributed by atoms with Gasteiger partial charge in [-0.2, -0.15) is 0 Å². The Morgan fingerprint density at radius 1 is 1.04 bits per heavy atom. The third-order valence-electron chi connectivity index (χ3n) is 6.35. The summed E-state index contributed by atoms with van der Waals surface area (Å²) in [7, 11) is 0. The van der Waals surface area contributed by atoms with Crippen LogP contribution in [-0.4, -0.2) is 35.3 Å². The standard InChI is InChI=1S/C24H28N2O2/c1-2-15-25-23(28)24(16-18-9-5-3-6-10-18)17-20-13-14-21(24)26(20)22(27)19-11-7-4-8-12-19/h3-12,20-21H,2,13-17H2,1H3,(H,25,28)/t20-,21+,24+/m0/s1. The van der Waals surface area contributed by atoms with Gasteiger partial charge in [-0.15, -0.1) is 0 Å². The molecule has 0 spiro atoms. The van der Waals surface area contributed by atoms with Crippen molar-refractivity contribution in [3.05, 3.63) is 71.8 Å². The largest absolute Gasteiger partial charge is 0.356 e. The quantitative estimate of drug-likeness (QED) is 0.833. The Kier molecular flexibility index (Phi) is 5.21. The molecule has 4 heteroatoms. The van der Waals surface area contributed by atoms with Gasteiger partial charge in [0.1, 0.15) is 0 Å². The molecule has 0 saturated carbocycles. The van der Waals surface area contributed by atoms with E-state index in [1.807, 2.05) is 53.4 Å². The molecule has 4 rings (SSSR count). The molecule has 0 unspecified atom stereocenters. The molecule has 2 aliphatic heterocycles. The molecule has 0 aliphatic carbocycles. The molecule has 2 saturated heterocycles. The second-order valence-corrected chi connectivity index (χ2v) is 8.10. The van der Waals surface area contributed by atoms with Crippen LogP contribution in [0.2, 0.25) is 0 Å². The molecule has 2 amide bonds. The van der Waals surface area contributed by atoms with Crippen LogP contribution in [0.15, 0.2) is 60.7 Å². The van der Waals surface area contributed by atoms with E-state index >= 15 is 0 Å². The second-order valence-electron chi connectivity index (χ2n) is 8.10. The van der Waals surface area contributed by atoms with E-state index in [0.717, 1.165) is 31.2 Å². The van der Waals surface area contributed by atoms with Gasteiger partial charge in [0, 0.05) is 24.2 Å². The van der Waals surface area contributed by atoms with Crippen molar-refractivity contribution in [1.29, 1.82) is 0 Å². The molecule has 2 bridgehead atoms. The van der Waals surface area contributed by atoms with E-state index in [1.165, 1.54) is 0 Å². The van der Waals surface area contributed by atoms with Crippen LogP contribution in [0.5, 0.6) is 0 Å². The molecule has 2 aliphatic rings. The molecule has 2 fully saturated rings. The van der Waals surface area contributed by atoms with Crippen molar-refractivity contribution in [2.75, 3.05) is 6.54 Å². The Bertz CT molecular complexity index is 836. The van der Waals surface area contributed by atoms with E-state index in [9.17, 15) is 9.59 Å². The van der Waals surface area contributed by atoms with Gasteiger partial charge in [0.2, 0.25) is 5.91 Å². The first-order chi connectivity index (χ1) is 13.7. The summed E-state index contributed by atoms with van der Waals surface area (Å²) < 4.78 is 0. The predicted octanol–water partition coefficient (Wildman–Crippen LogP) is 3.82. The number of rotatable bonds is 6. The number of amides is 2. The number of benzene rings is 2. The molecular formula is C24H28N2O2. The van der Waals surface area contributed by atoms with E-state index in [-0.39, 0.29) is 23.9 Å². The molecule has 3 atom stereocenters. The van der Waals surface area contributed by atoms with Gasteiger partial charge in [-0.05, 0) is 49.8 Å². The van der Waals surface area contributed by atoms with Crippen molar-refractivity contribution in [1.82, 2.24) is 10.2 Å². The Hall–Kier alpha value is -2.62. The maximum Gasteiger partial charge on any atom is 0.254 e. The molecule has 0 radical (unpaired) electrons. The van der Waals surface area contributed by atoms with Crippen LogP contribution < -0.4 is 5.32 Å². The number of hydrogen-bond acceptors (Lipinski definition) is 2. The van der Waals surface area contributed by atoms with E-state index in [2.05, 4.69) is 24.4 Å². The summed E-state index contributed by atoms with van der Waals surface area (Å²) in [6.07, 6.45) is 4.23. The van der Waals surface area contributed by atoms with Gasteiger partial charge < -0.3 is 10.2 Å². The maximum absolute atomic E-state index is 13.4. The highest BCUT2D eigenvalue weighted by atomic mass is 16.2. The van der Waals surface area contributed by atoms with Crippen molar-refractivity contribution in [3.63, 3.8) is 0 Å². The SMILES string of the molecule is CCCNC(=O)[C@]1(Cc2ccccc2)C[C@@H]2CC[C@H]1N2C(=O)c1ccccc1. The molecule has 1 N–H and O–H groups in total. The minimum Gasteiger partial charge on any atom is -0.356 e. The number of fused-ring (bicyclic) bond motifs is 2. The van der Waals surface area contributed by atoms with Crippen molar-refractivity contribution in [2.45, 2.75) is 51.1 Å². The Morgan fingerprint density at radius 3 is 2.39 bits per heavy atom. The maximum atomic E-state index is 13.4. The zero-order valence-electron chi connectivity index (χ0n) is 16.4. The zero-order chi connectivity index (χ0) is 19.6. The molecular weight excluding hydrogens is 348 g/mol. The van der Waals surface area contributed by atoms with Crippen molar-refractivity contribution < 1.29 is 9.59 Å². The van der Waals surface area contributed by atoms with Gasteiger partial charge in [0.25, 0.3) is 5.91 Å². The first-order valence-electron chi connectivity index (χ1n) is 10.4. The Labute approximate surface area is 166 Å². The summed E-state index contributed by atoms with van der Waals surface area (Å²) in [6.45, 7) is 2.75. The van der Waals surface area contributed by atoms with Gasteiger partial charge in [-0.1, -0.05) is 55.5 Å². The van der Waals surface area contributed by atoms with E-state index in [1.54, 1.807) is 0 Å². The van der Waals surface area contributed by atoms with Crippen LogP contribution in [0.1, 0.15) is 48.5 Å². The summed E-state index contributed by atoms with van der Waals surface area (Å²) in [4.78, 5) is 28.7. The normalized spacial score (nSPS) is 25.7. The number of hydrogen-bond donors (Lipinski definition) is 1. The monoisotopic (exact) mass is 376 g/mol. The molecule has 4 nitrogen and oxygen atoms in total. The van der Waals surface area contributed by atoms with Gasteiger partial charge in [0.05, 0.1) is 5.41 Å². The summed E-state index contributed by atoms with van der Waals surface area (Å²) in [5.41, 5.74) is 1.34. The first kappa shape index (κ1) is 18.7. The second kappa shape index (κ2) is 7.78. The van der Waals surface area contributed by atoms with E-state index in [4.69, 9.17) is 0 Å². The molecule has 2 heterocycles. The molecule has 28 heavy (non-hydrogen) atoms. The summed E-state index contributed by atoms with van der Waals surface area (Å²) in [5.74, 6) is 0.169. The predicted molar refractivity (Wildman–Crippen MR) is 110 cm³/mol. The highest BCUT2D eigenvalue weighted by Crippen LogP contribution is 2.52. The third kappa shape index (κ3) is 3.21. The summed E-state index contributed by atoms with van der Waals surface area (Å²) in [5, 5.41) is 3.14. The smallest absolute Gasteiger partial charge is 0.254 e. The van der Waals surface area contributed by atoms with Crippen molar-refractivity contribution >= 4 is 11.8 Å². The van der Waals surface area contributed by atoms with Crippen LogP contribution in [0.4, 0.5) is 0 Å². The van der Waals surface area contributed by atoms with Crippen molar-refractivity contribution in [2.24, 2.45) is 5.41 Å². The minimum atomic E-state index is -0.538. The third-order valence-corrected chi connectivity index (χ3v) is 6.35. The lowest BCUT2D eigenvalue weighted by molar-refractivity contribution is -0.132. The number of carbonyl (C=O) groups excluding carboxylic acids is 2. The lowest BCUT2D eigenvalue weighted by atomic mass is 9.69. The van der Waals surface area contributed by atoms with Crippen LogP contribution in [0, 0.1) is 5.41 Å². The average molecular weight is 377 g/mol. The summed E-state index contributed by atoms with van der Waals surface area (Å²) >= 11 is 0. The zero-order valence-corrected chi connectivity index (χ0v) is 16.4. The highest BCUT2D eigenvalue weighted by Gasteiger charge is 2.60. The topological polar surface area (TPSA) is 49.4 Å². The van der Waals surface area contributed by atoms with Gasteiger partial charge >= 0.3 is 0 Å². The number of nitrogens with one attached hydrogen (secondary N) is 1. The lowest BCUT2D eigenvalue weighted by Crippen LogP contribution is -2.51. The number of carbonyl (C=O) groups is 2.